The number of carboxylic acids is 1. The second kappa shape index (κ2) is 26.5. The lowest BCUT2D eigenvalue weighted by molar-refractivity contribution is -0.152. The summed E-state index contributed by atoms with van der Waals surface area (Å²) in [5.41, 5.74) is 11.0. The Morgan fingerprint density at radius 2 is 1.08 bits per heavy atom. The van der Waals surface area contributed by atoms with Gasteiger partial charge in [-0.25, -0.2) is 4.79 Å². The molecule has 7 heterocycles. The van der Waals surface area contributed by atoms with E-state index < -0.39 is 133 Å². The van der Waals surface area contributed by atoms with Crippen LogP contribution in [-0.2, 0) is 57.5 Å². The van der Waals surface area contributed by atoms with Gasteiger partial charge in [-0.3, -0.25) is 57.7 Å². The molecule has 0 aliphatic carbocycles. The quantitative estimate of drug-likeness (QED) is 0.0316. The fourth-order valence-corrected chi connectivity index (χ4v) is 12.2. The molecule has 0 saturated carbocycles. The first-order valence-electron chi connectivity index (χ1n) is 27.9. The van der Waals surface area contributed by atoms with Crippen molar-refractivity contribution < 1.29 is 62.6 Å². The molecule has 430 valence electrons. The Kier molecular flexibility index (Phi) is 19.9. The van der Waals surface area contributed by atoms with Gasteiger partial charge >= 0.3 is 5.97 Å². The van der Waals surface area contributed by atoms with Gasteiger partial charge < -0.3 is 72.6 Å². The van der Waals surface area contributed by atoms with Crippen molar-refractivity contribution in [1.82, 2.24) is 56.0 Å². The second-order valence-corrected chi connectivity index (χ2v) is 21.6. The molecule has 0 unspecified atom stereocenters. The van der Waals surface area contributed by atoms with Crippen LogP contribution in [0.5, 0.6) is 0 Å². The summed E-state index contributed by atoms with van der Waals surface area (Å²) >= 11 is 0. The zero-order valence-electron chi connectivity index (χ0n) is 44.8. The van der Waals surface area contributed by atoms with Gasteiger partial charge in [0.05, 0.1) is 13.1 Å². The van der Waals surface area contributed by atoms with E-state index in [1.54, 1.807) is 0 Å². The van der Waals surface area contributed by atoms with Gasteiger partial charge in [0, 0.05) is 52.2 Å². The van der Waals surface area contributed by atoms with Gasteiger partial charge in [0.15, 0.2) is 5.96 Å². The van der Waals surface area contributed by atoms with Crippen LogP contribution >= 0.6 is 0 Å². The summed E-state index contributed by atoms with van der Waals surface area (Å²) in [6.45, 7) is 4.35. The highest BCUT2D eigenvalue weighted by molar-refractivity contribution is 5.99. The molecule has 7 aliphatic rings. The largest absolute Gasteiger partial charge is 0.480 e. The molecule has 0 aromatic carbocycles. The Hall–Kier alpha value is -7.09. The molecule has 0 aromatic heterocycles. The van der Waals surface area contributed by atoms with Crippen LogP contribution in [0.2, 0.25) is 0 Å². The summed E-state index contributed by atoms with van der Waals surface area (Å²) in [4.78, 5) is 174. The summed E-state index contributed by atoms with van der Waals surface area (Å²) in [5, 5.41) is 23.0. The Balaban J connectivity index is 0.929. The Morgan fingerprint density at radius 1 is 0.603 bits per heavy atom. The maximum Gasteiger partial charge on any atom is 0.326 e. The number of nitrogens with zero attached hydrogens (tertiary/aromatic N) is 7. The summed E-state index contributed by atoms with van der Waals surface area (Å²) in [7, 11) is 0. The predicted molar refractivity (Wildman–Crippen MR) is 276 cm³/mol. The highest BCUT2D eigenvalue weighted by Crippen LogP contribution is 2.30. The first kappa shape index (κ1) is 58.6. The van der Waals surface area contributed by atoms with Gasteiger partial charge in [-0.05, 0) is 102 Å². The normalized spacial score (nSPS) is 26.0. The number of carbonyl (C=O) groups excluding carboxylic acids is 11. The van der Waals surface area contributed by atoms with Crippen LogP contribution in [0.25, 0.3) is 0 Å². The zero-order valence-corrected chi connectivity index (χ0v) is 44.8. The average molecular weight is 1100 g/mol. The Morgan fingerprint density at radius 3 is 1.60 bits per heavy atom. The number of nitrogens with two attached hydrogens (primary N) is 2. The lowest BCUT2D eigenvalue weighted by Gasteiger charge is -2.35. The number of aliphatic imine (C=N–C) groups is 1. The average Bonchev–Trinajstić information content (AvgIpc) is 4.30. The standard InChI is InChI=1S/C51H78N14O13/c1-3-29(2)41(49(76)64-25-9-16-36(64)48(75)65-26-10-17-37(65)50(77)78)59-44(71)33-13-6-23-62(33)46(73)34-14-7-21-60(34)40(68)28-56-43(70)32-12-5-22-61(32)47(74)35-15-8-24-63(35)45(72)31(11-4-20-54-51(52)53)58-39(67)27-55-42(69)30-18-19-38(66)57-30/h29-37,41H,3-28H2,1-2H3,(H,55,69)(H,56,70)(H,57,66)(H,58,67)(H,59,71)(H,77,78)(H4,52,53,54)/t29-,30-,31-,32-,33-,34-,35-,36-,37-,41-/m0/s1. The van der Waals surface area contributed by atoms with Crippen molar-refractivity contribution in [2.75, 3.05) is 58.9 Å². The third-order valence-corrected chi connectivity index (χ3v) is 16.5. The van der Waals surface area contributed by atoms with E-state index in [9.17, 15) is 62.6 Å². The molecule has 78 heavy (non-hydrogen) atoms. The monoisotopic (exact) mass is 1090 g/mol. The van der Waals surface area contributed by atoms with E-state index in [1.807, 2.05) is 13.8 Å². The number of rotatable bonds is 21. The molecule has 0 aromatic rings. The minimum Gasteiger partial charge on any atom is -0.480 e. The number of aliphatic carboxylic acids is 1. The van der Waals surface area contributed by atoms with E-state index in [0.717, 1.165) is 0 Å². The van der Waals surface area contributed by atoms with E-state index in [4.69, 9.17) is 11.5 Å². The van der Waals surface area contributed by atoms with Crippen molar-refractivity contribution in [3.63, 3.8) is 0 Å². The lowest BCUT2D eigenvalue weighted by Crippen LogP contribution is -2.59. The van der Waals surface area contributed by atoms with Crippen LogP contribution in [0.1, 0.15) is 123 Å². The van der Waals surface area contributed by atoms with Crippen LogP contribution in [0.3, 0.4) is 0 Å². The molecule has 10 atom stereocenters. The van der Waals surface area contributed by atoms with Crippen molar-refractivity contribution >= 4 is 76.9 Å². The maximum absolute atomic E-state index is 14.3. The van der Waals surface area contributed by atoms with Gasteiger partial charge in [0.1, 0.15) is 54.4 Å². The van der Waals surface area contributed by atoms with Crippen LogP contribution in [0, 0.1) is 5.92 Å². The number of nitrogens with one attached hydrogen (secondary N) is 5. The Bertz CT molecular complexity index is 2370. The molecular formula is C51H78N14O13. The van der Waals surface area contributed by atoms with E-state index in [0.29, 0.717) is 83.5 Å². The molecular weight excluding hydrogens is 1020 g/mol. The van der Waals surface area contributed by atoms with E-state index in [2.05, 4.69) is 31.6 Å². The highest BCUT2D eigenvalue weighted by Gasteiger charge is 2.48. The van der Waals surface area contributed by atoms with E-state index in [-0.39, 0.29) is 89.3 Å². The topological polar surface area (TPSA) is 369 Å². The van der Waals surface area contributed by atoms with Gasteiger partial charge in [0.25, 0.3) is 0 Å². The van der Waals surface area contributed by atoms with Crippen molar-refractivity contribution in [2.24, 2.45) is 22.4 Å². The van der Waals surface area contributed by atoms with Gasteiger partial charge in [-0.1, -0.05) is 20.3 Å². The molecule has 11 amide bonds. The molecule has 27 heteroatoms. The number of hydrogen-bond acceptors (Lipinski definition) is 13. The third-order valence-electron chi connectivity index (χ3n) is 16.5. The van der Waals surface area contributed by atoms with Crippen molar-refractivity contribution in [1.29, 1.82) is 0 Å². The smallest absolute Gasteiger partial charge is 0.326 e. The fraction of sp³-hybridized carbons (Fsp3) is 0.745. The number of carbonyl (C=O) groups is 12. The van der Waals surface area contributed by atoms with E-state index in [1.165, 1.54) is 29.4 Å². The molecule has 7 aliphatic heterocycles. The third kappa shape index (κ3) is 13.6. The SMILES string of the molecule is CC[C@H](C)[C@H](NC(=O)[C@@H]1CCCN1C(=O)[C@@H]1CCCN1C(=O)CNC(=O)[C@@H]1CCCN1C(=O)[C@@H]1CCCN1C(=O)[C@H](CCCN=C(N)N)NC(=O)CNC(=O)[C@@H]1CCC(=O)N1)C(=O)N1CCC[C@H]1C(=O)N1CCC[C@H]1C(=O)O. The van der Waals surface area contributed by atoms with Crippen LogP contribution < -0.4 is 38.1 Å². The van der Waals surface area contributed by atoms with Crippen molar-refractivity contribution in [3.05, 3.63) is 0 Å². The number of amides is 11. The molecule has 10 N–H and O–H groups in total. The second-order valence-electron chi connectivity index (χ2n) is 21.6. The summed E-state index contributed by atoms with van der Waals surface area (Å²) in [6.07, 6.45) is 6.31. The number of carboxylic acid groups (broad SMARTS) is 1. The predicted octanol–water partition coefficient (Wildman–Crippen LogP) is -3.40. The number of hydrogen-bond donors (Lipinski definition) is 8. The zero-order chi connectivity index (χ0) is 56.4. The molecule has 7 saturated heterocycles. The van der Waals surface area contributed by atoms with Crippen molar-refractivity contribution in [2.45, 2.75) is 177 Å². The lowest BCUT2D eigenvalue weighted by atomic mass is 9.96. The minimum absolute atomic E-state index is 0.0943. The number of likely N-dealkylation sites (tertiary alicyclic amines) is 6. The van der Waals surface area contributed by atoms with Crippen molar-refractivity contribution in [3.8, 4) is 0 Å². The summed E-state index contributed by atoms with van der Waals surface area (Å²) in [6, 6.07) is -8.47. The fourth-order valence-electron chi connectivity index (χ4n) is 12.2. The van der Waals surface area contributed by atoms with Gasteiger partial charge in [0.2, 0.25) is 65.0 Å². The first-order valence-corrected chi connectivity index (χ1v) is 27.9. The van der Waals surface area contributed by atoms with Crippen LogP contribution in [0.4, 0.5) is 0 Å². The van der Waals surface area contributed by atoms with Crippen LogP contribution in [0.15, 0.2) is 4.99 Å². The highest BCUT2D eigenvalue weighted by atomic mass is 16.4. The molecule has 0 bridgehead atoms. The molecule has 0 spiro atoms. The minimum atomic E-state index is -1.12. The van der Waals surface area contributed by atoms with E-state index >= 15 is 0 Å². The molecule has 7 fully saturated rings. The maximum atomic E-state index is 14.3. The number of guanidine groups is 1. The van der Waals surface area contributed by atoms with Crippen LogP contribution in [-0.4, -0.2) is 225 Å². The molecule has 0 radical (unpaired) electrons. The van der Waals surface area contributed by atoms with Gasteiger partial charge in [-0.15, -0.1) is 0 Å². The molecule has 7 rings (SSSR count). The summed E-state index contributed by atoms with van der Waals surface area (Å²) in [5.74, 6) is -6.99. The molecule has 27 nitrogen and oxygen atoms in total. The Labute approximate surface area is 453 Å². The first-order chi connectivity index (χ1) is 37.3. The van der Waals surface area contributed by atoms with Gasteiger partial charge in [-0.2, -0.15) is 0 Å². The summed E-state index contributed by atoms with van der Waals surface area (Å²) < 4.78 is 0.